The monoisotopic (exact) mass is 414 g/mol. The molecule has 0 atom stereocenters. The average Bonchev–Trinajstić information content (AvgIpc) is 2.81. The van der Waals surface area contributed by atoms with Crippen molar-refractivity contribution in [1.82, 2.24) is 0 Å². The molecular weight excluding hydrogens is 392 g/mol. The number of hydrogen-bond acceptors (Lipinski definition) is 4. The molecule has 0 spiro atoms. The van der Waals surface area contributed by atoms with E-state index in [4.69, 9.17) is 14.2 Å². The third kappa shape index (κ3) is 4.16. The smallest absolute Gasteiger partial charge is 0.339 e. The van der Waals surface area contributed by atoms with Gasteiger partial charge in [-0.1, -0.05) is 54.6 Å². The molecule has 0 amide bonds. The standard InChI is InChI=1S/C26H22O5/c1-29-23-13-11-19(15-25(23)30-2)18-10-12-22(26(27)28)24(14-18)31-16-20-8-5-7-17-6-3-4-9-21(17)20/h3-15H,16H2,1-2H3,(H,27,28). The van der Waals surface area contributed by atoms with Crippen molar-refractivity contribution in [1.29, 1.82) is 0 Å². The second-order valence-electron chi connectivity index (χ2n) is 7.01. The molecular formula is C26H22O5. The van der Waals surface area contributed by atoms with Crippen molar-refractivity contribution in [3.05, 3.63) is 90.0 Å². The molecule has 5 heteroatoms. The summed E-state index contributed by atoms with van der Waals surface area (Å²) < 4.78 is 16.7. The van der Waals surface area contributed by atoms with Crippen molar-refractivity contribution in [3.8, 4) is 28.4 Å². The summed E-state index contributed by atoms with van der Waals surface area (Å²) in [6.07, 6.45) is 0. The molecule has 0 fully saturated rings. The summed E-state index contributed by atoms with van der Waals surface area (Å²) in [7, 11) is 3.16. The number of carboxylic acids is 1. The Labute approximate surface area is 180 Å². The number of aromatic carboxylic acids is 1. The minimum atomic E-state index is -1.04. The topological polar surface area (TPSA) is 65.0 Å². The van der Waals surface area contributed by atoms with Gasteiger partial charge in [-0.15, -0.1) is 0 Å². The lowest BCUT2D eigenvalue weighted by atomic mass is 10.0. The van der Waals surface area contributed by atoms with Crippen molar-refractivity contribution in [2.45, 2.75) is 6.61 Å². The van der Waals surface area contributed by atoms with Crippen LogP contribution in [0.5, 0.6) is 17.2 Å². The lowest BCUT2D eigenvalue weighted by Crippen LogP contribution is -2.04. The van der Waals surface area contributed by atoms with E-state index < -0.39 is 5.97 Å². The largest absolute Gasteiger partial charge is 0.493 e. The van der Waals surface area contributed by atoms with Gasteiger partial charge < -0.3 is 19.3 Å². The molecule has 0 aliphatic rings. The number of carbonyl (C=O) groups is 1. The van der Waals surface area contributed by atoms with E-state index in [9.17, 15) is 9.90 Å². The summed E-state index contributed by atoms with van der Waals surface area (Å²) in [5.74, 6) is 0.501. The molecule has 0 saturated carbocycles. The summed E-state index contributed by atoms with van der Waals surface area (Å²) in [6.45, 7) is 0.261. The molecule has 0 aliphatic heterocycles. The van der Waals surface area contributed by atoms with Gasteiger partial charge in [0.05, 0.1) is 14.2 Å². The molecule has 4 rings (SSSR count). The predicted molar refractivity (Wildman–Crippen MR) is 120 cm³/mol. The van der Waals surface area contributed by atoms with Gasteiger partial charge in [-0.3, -0.25) is 0 Å². The first-order valence-electron chi connectivity index (χ1n) is 9.80. The van der Waals surface area contributed by atoms with E-state index in [2.05, 4.69) is 0 Å². The lowest BCUT2D eigenvalue weighted by molar-refractivity contribution is 0.0692. The molecule has 4 aromatic carbocycles. The van der Waals surface area contributed by atoms with Crippen LogP contribution in [0.4, 0.5) is 0 Å². The Balaban J connectivity index is 1.69. The molecule has 0 saturated heterocycles. The lowest BCUT2D eigenvalue weighted by Gasteiger charge is -2.14. The molecule has 156 valence electrons. The summed E-state index contributed by atoms with van der Waals surface area (Å²) in [6, 6.07) is 24.7. The zero-order valence-electron chi connectivity index (χ0n) is 17.3. The van der Waals surface area contributed by atoms with Gasteiger partial charge in [0, 0.05) is 0 Å². The zero-order chi connectivity index (χ0) is 21.8. The van der Waals surface area contributed by atoms with Gasteiger partial charge in [0.15, 0.2) is 11.5 Å². The Hall–Kier alpha value is -3.99. The molecule has 0 aromatic heterocycles. The first-order valence-corrected chi connectivity index (χ1v) is 9.80. The molecule has 5 nitrogen and oxygen atoms in total. The molecule has 0 aliphatic carbocycles. The highest BCUT2D eigenvalue weighted by Gasteiger charge is 2.15. The van der Waals surface area contributed by atoms with Crippen LogP contribution in [0.3, 0.4) is 0 Å². The molecule has 1 N–H and O–H groups in total. The second kappa shape index (κ2) is 8.79. The van der Waals surface area contributed by atoms with Crippen LogP contribution in [0, 0.1) is 0 Å². The van der Waals surface area contributed by atoms with Gasteiger partial charge in [-0.25, -0.2) is 4.79 Å². The van der Waals surface area contributed by atoms with Crippen LogP contribution < -0.4 is 14.2 Å². The Morgan fingerprint density at radius 2 is 1.45 bits per heavy atom. The number of methoxy groups -OCH3 is 2. The van der Waals surface area contributed by atoms with Crippen LogP contribution >= 0.6 is 0 Å². The number of benzene rings is 4. The highest BCUT2D eigenvalue weighted by molar-refractivity contribution is 5.92. The SMILES string of the molecule is COc1ccc(-c2ccc(C(=O)O)c(OCc3cccc4ccccc34)c2)cc1OC. The first kappa shape index (κ1) is 20.3. The van der Waals surface area contributed by atoms with Crippen LogP contribution in [-0.2, 0) is 6.61 Å². The van der Waals surface area contributed by atoms with E-state index in [-0.39, 0.29) is 12.2 Å². The van der Waals surface area contributed by atoms with E-state index in [0.29, 0.717) is 17.2 Å². The minimum absolute atomic E-state index is 0.115. The van der Waals surface area contributed by atoms with Gasteiger partial charge in [-0.2, -0.15) is 0 Å². The fraction of sp³-hybridized carbons (Fsp3) is 0.115. The van der Waals surface area contributed by atoms with Gasteiger partial charge in [0.25, 0.3) is 0 Å². The van der Waals surface area contributed by atoms with Crippen molar-refractivity contribution in [3.63, 3.8) is 0 Å². The Morgan fingerprint density at radius 3 is 2.19 bits per heavy atom. The third-order valence-electron chi connectivity index (χ3n) is 5.19. The van der Waals surface area contributed by atoms with Crippen LogP contribution in [0.25, 0.3) is 21.9 Å². The maximum atomic E-state index is 11.8. The summed E-state index contributed by atoms with van der Waals surface area (Å²) in [4.78, 5) is 11.8. The van der Waals surface area contributed by atoms with Gasteiger partial charge in [-0.05, 0) is 51.7 Å². The predicted octanol–water partition coefficient (Wildman–Crippen LogP) is 5.80. The van der Waals surface area contributed by atoms with Gasteiger partial charge >= 0.3 is 5.97 Å². The zero-order valence-corrected chi connectivity index (χ0v) is 17.3. The molecule has 0 radical (unpaired) electrons. The van der Waals surface area contributed by atoms with Crippen molar-refractivity contribution >= 4 is 16.7 Å². The number of carboxylic acid groups (broad SMARTS) is 1. The van der Waals surface area contributed by atoms with Gasteiger partial charge in [0.2, 0.25) is 0 Å². The highest BCUT2D eigenvalue weighted by atomic mass is 16.5. The second-order valence-corrected chi connectivity index (χ2v) is 7.01. The fourth-order valence-electron chi connectivity index (χ4n) is 3.59. The molecule has 4 aromatic rings. The molecule has 0 unspecified atom stereocenters. The quantitative estimate of drug-likeness (QED) is 0.414. The van der Waals surface area contributed by atoms with E-state index in [1.54, 1.807) is 32.4 Å². The molecule has 0 bridgehead atoms. The number of hydrogen-bond donors (Lipinski definition) is 1. The highest BCUT2D eigenvalue weighted by Crippen LogP contribution is 2.34. The average molecular weight is 414 g/mol. The van der Waals surface area contributed by atoms with E-state index in [1.165, 1.54) is 0 Å². The number of ether oxygens (including phenoxy) is 3. The molecule has 31 heavy (non-hydrogen) atoms. The van der Waals surface area contributed by atoms with Crippen LogP contribution in [0.15, 0.2) is 78.9 Å². The number of fused-ring (bicyclic) bond motifs is 1. The summed E-state index contributed by atoms with van der Waals surface area (Å²) in [5, 5.41) is 11.8. The summed E-state index contributed by atoms with van der Waals surface area (Å²) in [5.41, 5.74) is 2.79. The third-order valence-corrected chi connectivity index (χ3v) is 5.19. The Morgan fingerprint density at radius 1 is 0.774 bits per heavy atom. The minimum Gasteiger partial charge on any atom is -0.493 e. The molecule has 0 heterocycles. The van der Waals surface area contributed by atoms with Crippen LogP contribution in [0.1, 0.15) is 15.9 Å². The van der Waals surface area contributed by atoms with E-state index in [0.717, 1.165) is 27.5 Å². The van der Waals surface area contributed by atoms with E-state index >= 15 is 0 Å². The van der Waals surface area contributed by atoms with Crippen LogP contribution in [-0.4, -0.2) is 25.3 Å². The summed E-state index contributed by atoms with van der Waals surface area (Å²) >= 11 is 0. The maximum absolute atomic E-state index is 11.8. The van der Waals surface area contributed by atoms with Crippen LogP contribution in [0.2, 0.25) is 0 Å². The van der Waals surface area contributed by atoms with Crippen molar-refractivity contribution in [2.24, 2.45) is 0 Å². The van der Waals surface area contributed by atoms with Gasteiger partial charge in [0.1, 0.15) is 17.9 Å². The normalized spacial score (nSPS) is 10.6. The Bertz CT molecular complexity index is 1240. The maximum Gasteiger partial charge on any atom is 0.339 e. The number of rotatable bonds is 7. The van der Waals surface area contributed by atoms with E-state index in [1.807, 2.05) is 60.7 Å². The first-order chi connectivity index (χ1) is 15.1. The van der Waals surface area contributed by atoms with Crippen molar-refractivity contribution < 1.29 is 24.1 Å². The fourth-order valence-corrected chi connectivity index (χ4v) is 3.59. The van der Waals surface area contributed by atoms with Crippen molar-refractivity contribution in [2.75, 3.05) is 14.2 Å². The Kier molecular flexibility index (Phi) is 5.76.